The predicted molar refractivity (Wildman–Crippen MR) is 81.9 cm³/mol. The average molecular weight is 386 g/mol. The molecule has 0 saturated heterocycles. The van der Waals surface area contributed by atoms with E-state index in [2.05, 4.69) is 27.9 Å². The Morgan fingerprint density at radius 2 is 2.00 bits per heavy atom. The second-order valence-corrected chi connectivity index (χ2v) is 5.69. The summed E-state index contributed by atoms with van der Waals surface area (Å²) in [6.07, 6.45) is 0.352. The lowest BCUT2D eigenvalue weighted by Gasteiger charge is -2.27. The molecule has 1 amide bonds. The predicted octanol–water partition coefficient (Wildman–Crippen LogP) is 2.26. The minimum atomic E-state index is -1.20. The number of halogens is 1. The van der Waals surface area contributed by atoms with Crippen LogP contribution in [-0.2, 0) is 9.53 Å². The molecule has 1 aromatic carbocycles. The maximum Gasteiger partial charge on any atom is 0.331 e. The number of nitriles is 1. The molecule has 20 heavy (non-hydrogen) atoms. The summed E-state index contributed by atoms with van der Waals surface area (Å²) >= 11 is 2.14. The molecule has 0 radical (unpaired) electrons. The van der Waals surface area contributed by atoms with Gasteiger partial charge in [-0.25, -0.2) is 4.79 Å². The van der Waals surface area contributed by atoms with Crippen LogP contribution in [0.1, 0.15) is 30.1 Å². The first-order valence-corrected chi connectivity index (χ1v) is 7.04. The van der Waals surface area contributed by atoms with Gasteiger partial charge in [0.25, 0.3) is 5.91 Å². The molecule has 1 aromatic rings. The van der Waals surface area contributed by atoms with Crippen LogP contribution in [0.2, 0.25) is 0 Å². The first-order valence-electron chi connectivity index (χ1n) is 5.96. The SMILES string of the molecule is COC(=O)[C@@](C)(CCC#N)NC(=O)c1ccc(I)cc1. The number of amides is 1. The molecule has 6 heteroatoms. The van der Waals surface area contributed by atoms with Crippen LogP contribution in [0.25, 0.3) is 0 Å². The molecular weight excluding hydrogens is 371 g/mol. The molecule has 0 heterocycles. The van der Waals surface area contributed by atoms with E-state index in [1.807, 2.05) is 6.07 Å². The number of hydrogen-bond acceptors (Lipinski definition) is 4. The van der Waals surface area contributed by atoms with Gasteiger partial charge in [-0.1, -0.05) is 0 Å². The largest absolute Gasteiger partial charge is 0.467 e. The summed E-state index contributed by atoms with van der Waals surface area (Å²) in [7, 11) is 1.25. The highest BCUT2D eigenvalue weighted by atomic mass is 127. The fraction of sp³-hybridized carbons (Fsp3) is 0.357. The third-order valence-electron chi connectivity index (χ3n) is 2.87. The molecule has 1 rings (SSSR count). The van der Waals surface area contributed by atoms with Crippen LogP contribution in [0.15, 0.2) is 24.3 Å². The maximum atomic E-state index is 12.2. The van der Waals surface area contributed by atoms with Crippen LogP contribution in [0.3, 0.4) is 0 Å². The number of methoxy groups -OCH3 is 1. The fourth-order valence-corrected chi connectivity index (χ4v) is 2.03. The molecule has 0 saturated carbocycles. The Kier molecular flexibility index (Phi) is 5.95. The highest BCUT2D eigenvalue weighted by Crippen LogP contribution is 2.16. The van der Waals surface area contributed by atoms with Crippen LogP contribution < -0.4 is 5.32 Å². The fourth-order valence-electron chi connectivity index (χ4n) is 1.67. The number of rotatable bonds is 5. The Morgan fingerprint density at radius 1 is 1.40 bits per heavy atom. The van der Waals surface area contributed by atoms with Gasteiger partial charge in [0, 0.05) is 15.6 Å². The van der Waals surface area contributed by atoms with Crippen molar-refractivity contribution in [2.24, 2.45) is 0 Å². The van der Waals surface area contributed by atoms with E-state index in [0.717, 1.165) is 3.57 Å². The standard InChI is InChI=1S/C14H15IN2O3/c1-14(8-3-9-16,13(19)20-2)17-12(18)10-4-6-11(15)7-5-10/h4-7H,3,8H2,1-2H3,(H,17,18)/t14-/m1/s1. The third-order valence-corrected chi connectivity index (χ3v) is 3.59. The molecule has 1 atom stereocenters. The molecule has 106 valence electrons. The van der Waals surface area contributed by atoms with Crippen molar-refractivity contribution in [3.05, 3.63) is 33.4 Å². The van der Waals surface area contributed by atoms with Crippen molar-refractivity contribution < 1.29 is 14.3 Å². The Morgan fingerprint density at radius 3 is 2.50 bits per heavy atom. The monoisotopic (exact) mass is 386 g/mol. The van der Waals surface area contributed by atoms with Crippen molar-refractivity contribution >= 4 is 34.5 Å². The van der Waals surface area contributed by atoms with Crippen molar-refractivity contribution in [2.45, 2.75) is 25.3 Å². The van der Waals surface area contributed by atoms with Crippen LogP contribution in [0.4, 0.5) is 0 Å². The van der Waals surface area contributed by atoms with E-state index in [0.29, 0.717) is 5.56 Å². The molecule has 5 nitrogen and oxygen atoms in total. The quantitative estimate of drug-likeness (QED) is 0.622. The Hall–Kier alpha value is -1.62. The smallest absolute Gasteiger partial charge is 0.331 e. The Bertz CT molecular complexity index is 536. The molecule has 0 unspecified atom stereocenters. The molecule has 0 aliphatic carbocycles. The zero-order chi connectivity index (χ0) is 15.2. The van der Waals surface area contributed by atoms with Gasteiger partial charge in [-0.3, -0.25) is 4.79 Å². The number of carbonyl (C=O) groups is 2. The summed E-state index contributed by atoms with van der Waals surface area (Å²) in [4.78, 5) is 24.0. The normalized spacial score (nSPS) is 12.9. The van der Waals surface area contributed by atoms with E-state index in [9.17, 15) is 9.59 Å². The minimum absolute atomic E-state index is 0.151. The zero-order valence-corrected chi connectivity index (χ0v) is 13.4. The van der Waals surface area contributed by atoms with Gasteiger partial charge in [-0.15, -0.1) is 0 Å². The molecule has 0 spiro atoms. The third kappa shape index (κ3) is 4.20. The maximum absolute atomic E-state index is 12.2. The van der Waals surface area contributed by atoms with Crippen molar-refractivity contribution in [2.75, 3.05) is 7.11 Å². The number of carbonyl (C=O) groups excluding carboxylic acids is 2. The Balaban J connectivity index is 2.89. The molecule has 0 aliphatic rings. The molecule has 0 fully saturated rings. The summed E-state index contributed by atoms with van der Waals surface area (Å²) in [6.45, 7) is 1.56. The van der Waals surface area contributed by atoms with Gasteiger partial charge in [0.15, 0.2) is 0 Å². The van der Waals surface area contributed by atoms with E-state index >= 15 is 0 Å². The Labute approximate surface area is 131 Å². The van der Waals surface area contributed by atoms with Crippen molar-refractivity contribution in [3.8, 4) is 6.07 Å². The minimum Gasteiger partial charge on any atom is -0.467 e. The number of nitrogens with one attached hydrogen (secondary N) is 1. The summed E-state index contributed by atoms with van der Waals surface area (Å²) in [5.74, 6) is -0.932. The lowest BCUT2D eigenvalue weighted by atomic mass is 9.95. The number of ether oxygens (including phenoxy) is 1. The van der Waals surface area contributed by atoms with Crippen LogP contribution in [0.5, 0.6) is 0 Å². The summed E-state index contributed by atoms with van der Waals surface area (Å²) in [5, 5.41) is 11.3. The van der Waals surface area contributed by atoms with Gasteiger partial charge in [-0.2, -0.15) is 5.26 Å². The van der Waals surface area contributed by atoms with Gasteiger partial charge < -0.3 is 10.1 Å². The molecule has 0 aromatic heterocycles. The summed E-state index contributed by atoms with van der Waals surface area (Å²) in [5.41, 5.74) is -0.748. The lowest BCUT2D eigenvalue weighted by Crippen LogP contribution is -2.52. The van der Waals surface area contributed by atoms with Crippen molar-refractivity contribution in [1.82, 2.24) is 5.32 Å². The lowest BCUT2D eigenvalue weighted by molar-refractivity contribution is -0.147. The van der Waals surface area contributed by atoms with E-state index < -0.39 is 11.5 Å². The van der Waals surface area contributed by atoms with Crippen molar-refractivity contribution in [3.63, 3.8) is 0 Å². The summed E-state index contributed by atoms with van der Waals surface area (Å²) in [6, 6.07) is 8.93. The molecular formula is C14H15IN2O3. The number of benzene rings is 1. The van der Waals surface area contributed by atoms with Gasteiger partial charge >= 0.3 is 5.97 Å². The van der Waals surface area contributed by atoms with Gasteiger partial charge in [0.05, 0.1) is 13.2 Å². The molecule has 1 N–H and O–H groups in total. The van der Waals surface area contributed by atoms with E-state index in [1.54, 1.807) is 31.2 Å². The molecule has 0 bridgehead atoms. The average Bonchev–Trinajstić information content (AvgIpc) is 2.44. The highest BCUT2D eigenvalue weighted by molar-refractivity contribution is 14.1. The van der Waals surface area contributed by atoms with E-state index in [1.165, 1.54) is 7.11 Å². The van der Waals surface area contributed by atoms with Crippen LogP contribution in [0, 0.1) is 14.9 Å². The highest BCUT2D eigenvalue weighted by Gasteiger charge is 2.35. The molecule has 0 aliphatic heterocycles. The van der Waals surface area contributed by atoms with E-state index in [-0.39, 0.29) is 18.7 Å². The van der Waals surface area contributed by atoms with Crippen LogP contribution in [-0.4, -0.2) is 24.5 Å². The number of esters is 1. The zero-order valence-electron chi connectivity index (χ0n) is 11.3. The number of hydrogen-bond donors (Lipinski definition) is 1. The number of nitrogens with zero attached hydrogens (tertiary/aromatic N) is 1. The van der Waals surface area contributed by atoms with Gasteiger partial charge in [0.1, 0.15) is 5.54 Å². The van der Waals surface area contributed by atoms with Gasteiger partial charge in [0.2, 0.25) is 0 Å². The van der Waals surface area contributed by atoms with Crippen molar-refractivity contribution in [1.29, 1.82) is 5.26 Å². The summed E-state index contributed by atoms with van der Waals surface area (Å²) < 4.78 is 5.72. The first-order chi connectivity index (χ1) is 9.42. The van der Waals surface area contributed by atoms with Crippen LogP contribution >= 0.6 is 22.6 Å². The second-order valence-electron chi connectivity index (χ2n) is 4.44. The topological polar surface area (TPSA) is 79.2 Å². The second kappa shape index (κ2) is 7.24. The first kappa shape index (κ1) is 16.4. The van der Waals surface area contributed by atoms with Gasteiger partial charge in [-0.05, 0) is 60.2 Å². The van der Waals surface area contributed by atoms with E-state index in [4.69, 9.17) is 10.00 Å².